The van der Waals surface area contributed by atoms with E-state index in [4.69, 9.17) is 14.2 Å². The van der Waals surface area contributed by atoms with Gasteiger partial charge in [-0.25, -0.2) is 0 Å². The molecule has 2 atom stereocenters. The van der Waals surface area contributed by atoms with Crippen molar-refractivity contribution >= 4 is 29.4 Å². The van der Waals surface area contributed by atoms with E-state index in [1.807, 2.05) is 78.2 Å². The van der Waals surface area contributed by atoms with Crippen molar-refractivity contribution in [2.75, 3.05) is 21.3 Å². The number of hydrogen-bond donors (Lipinski definition) is 0. The van der Waals surface area contributed by atoms with Gasteiger partial charge in [-0.05, 0) is 29.5 Å². The Kier molecular flexibility index (Phi) is 7.68. The minimum absolute atomic E-state index is 0.230. The molecular formula is C28H29NO5S. The summed E-state index contributed by atoms with van der Waals surface area (Å²) in [6, 6.07) is 20.8. The fraction of sp³-hybridized carbons (Fsp3) is 0.286. The molecule has 0 amide bonds. The minimum atomic E-state index is -1.51. The van der Waals surface area contributed by atoms with E-state index in [1.54, 1.807) is 7.11 Å². The third-order valence-electron chi connectivity index (χ3n) is 6.52. The second-order valence-corrected chi connectivity index (χ2v) is 9.38. The Hall–Kier alpha value is -3.42. The minimum Gasteiger partial charge on any atom is -0.496 e. The van der Waals surface area contributed by atoms with Crippen molar-refractivity contribution in [3.63, 3.8) is 0 Å². The lowest BCUT2D eigenvalue weighted by molar-refractivity contribution is -0.171. The molecule has 0 radical (unpaired) electrons. The predicted octanol–water partition coefficient (Wildman–Crippen LogP) is 5.12. The van der Waals surface area contributed by atoms with Gasteiger partial charge in [-0.15, -0.1) is 11.3 Å². The molecule has 0 bridgehead atoms. The van der Waals surface area contributed by atoms with Crippen molar-refractivity contribution in [3.05, 3.63) is 94.2 Å². The molecule has 1 aliphatic heterocycles. The van der Waals surface area contributed by atoms with Gasteiger partial charge in [0.1, 0.15) is 5.75 Å². The summed E-state index contributed by atoms with van der Waals surface area (Å²) in [6.45, 7) is 0.464. The lowest BCUT2D eigenvalue weighted by Gasteiger charge is -2.34. The van der Waals surface area contributed by atoms with E-state index in [0.29, 0.717) is 6.54 Å². The van der Waals surface area contributed by atoms with Crippen LogP contribution in [0.1, 0.15) is 28.5 Å². The third-order valence-corrected chi connectivity index (χ3v) is 7.45. The smallest absolute Gasteiger partial charge is 0.325 e. The number of benzene rings is 2. The summed E-state index contributed by atoms with van der Waals surface area (Å²) < 4.78 is 16.1. The molecule has 0 N–H and O–H groups in total. The molecule has 4 rings (SSSR count). The van der Waals surface area contributed by atoms with Crippen molar-refractivity contribution < 1.29 is 23.8 Å². The van der Waals surface area contributed by atoms with Gasteiger partial charge in [0.15, 0.2) is 5.41 Å². The number of ether oxygens (including phenoxy) is 3. The first kappa shape index (κ1) is 24.7. The van der Waals surface area contributed by atoms with Gasteiger partial charge in [-0.3, -0.25) is 14.5 Å². The molecule has 0 unspecified atom stereocenters. The van der Waals surface area contributed by atoms with E-state index in [9.17, 15) is 9.59 Å². The van der Waals surface area contributed by atoms with Gasteiger partial charge in [0, 0.05) is 23.0 Å². The third kappa shape index (κ3) is 4.74. The van der Waals surface area contributed by atoms with Crippen LogP contribution in [0.3, 0.4) is 0 Å². The zero-order valence-corrected chi connectivity index (χ0v) is 20.9. The first-order valence-electron chi connectivity index (χ1n) is 11.4. The average Bonchev–Trinajstić information content (AvgIpc) is 3.54. The maximum atomic E-state index is 13.4. The van der Waals surface area contributed by atoms with Crippen LogP contribution >= 0.6 is 11.3 Å². The summed E-state index contributed by atoms with van der Waals surface area (Å²) in [7, 11) is 4.27. The number of carbonyl (C=O) groups is 2. The first-order chi connectivity index (χ1) is 17.0. The van der Waals surface area contributed by atoms with E-state index in [0.717, 1.165) is 21.8 Å². The fourth-order valence-electron chi connectivity index (χ4n) is 4.93. The van der Waals surface area contributed by atoms with Crippen molar-refractivity contribution in [2.24, 2.45) is 5.41 Å². The number of rotatable bonds is 8. The van der Waals surface area contributed by atoms with Crippen molar-refractivity contribution in [1.29, 1.82) is 0 Å². The van der Waals surface area contributed by atoms with Gasteiger partial charge in [-0.1, -0.05) is 66.7 Å². The molecule has 0 saturated carbocycles. The molecule has 182 valence electrons. The summed E-state index contributed by atoms with van der Waals surface area (Å²) in [6.07, 6.45) is 4.31. The van der Waals surface area contributed by atoms with E-state index < -0.39 is 23.4 Å². The van der Waals surface area contributed by atoms with Crippen molar-refractivity contribution in [3.8, 4) is 5.75 Å². The summed E-state index contributed by atoms with van der Waals surface area (Å²) in [5.74, 6) is -0.441. The molecule has 7 heteroatoms. The first-order valence-corrected chi connectivity index (χ1v) is 12.2. The monoisotopic (exact) mass is 491 g/mol. The van der Waals surface area contributed by atoms with Crippen LogP contribution in [-0.4, -0.2) is 44.2 Å². The van der Waals surface area contributed by atoms with E-state index in [2.05, 4.69) is 11.0 Å². The van der Waals surface area contributed by atoms with Gasteiger partial charge in [0.25, 0.3) is 0 Å². The predicted molar refractivity (Wildman–Crippen MR) is 136 cm³/mol. The Morgan fingerprint density at radius 1 is 0.971 bits per heavy atom. The Balaban J connectivity index is 1.87. The Labute approximate surface area is 209 Å². The zero-order chi connectivity index (χ0) is 24.8. The van der Waals surface area contributed by atoms with Crippen LogP contribution in [0.4, 0.5) is 0 Å². The van der Waals surface area contributed by atoms with Gasteiger partial charge in [-0.2, -0.15) is 0 Å². The molecule has 2 aromatic carbocycles. The highest BCUT2D eigenvalue weighted by Gasteiger charge is 2.63. The molecule has 0 aliphatic carbocycles. The summed E-state index contributed by atoms with van der Waals surface area (Å²) in [5.41, 5.74) is 0.480. The van der Waals surface area contributed by atoms with Crippen LogP contribution in [0.25, 0.3) is 6.08 Å². The summed E-state index contributed by atoms with van der Waals surface area (Å²) >= 11 is 1.51. The van der Waals surface area contributed by atoms with Crippen LogP contribution in [-0.2, 0) is 25.6 Å². The number of methoxy groups -OCH3 is 3. The normalized spacial score (nSPS) is 19.5. The van der Waals surface area contributed by atoms with Crippen LogP contribution in [0.15, 0.2) is 78.2 Å². The molecule has 3 aromatic rings. The molecular weight excluding hydrogens is 462 g/mol. The fourth-order valence-corrected chi connectivity index (χ4v) is 5.86. The molecule has 2 heterocycles. The van der Waals surface area contributed by atoms with Gasteiger partial charge >= 0.3 is 11.9 Å². The van der Waals surface area contributed by atoms with Crippen LogP contribution in [0.2, 0.25) is 0 Å². The maximum absolute atomic E-state index is 13.4. The lowest BCUT2D eigenvalue weighted by Crippen LogP contribution is -2.45. The number of hydrogen-bond acceptors (Lipinski definition) is 7. The highest BCUT2D eigenvalue weighted by Crippen LogP contribution is 2.54. The number of nitrogens with zero attached hydrogens (tertiary/aromatic N) is 1. The zero-order valence-electron chi connectivity index (χ0n) is 20.0. The molecule has 1 saturated heterocycles. The molecule has 1 aromatic heterocycles. The largest absolute Gasteiger partial charge is 0.496 e. The van der Waals surface area contributed by atoms with Crippen molar-refractivity contribution in [1.82, 2.24) is 4.90 Å². The number of thiophene rings is 1. The number of likely N-dealkylation sites (tertiary alicyclic amines) is 1. The number of esters is 2. The van der Waals surface area contributed by atoms with Crippen LogP contribution < -0.4 is 4.74 Å². The Morgan fingerprint density at radius 3 is 2.29 bits per heavy atom. The summed E-state index contributed by atoms with van der Waals surface area (Å²) in [4.78, 5) is 29.9. The van der Waals surface area contributed by atoms with E-state index in [1.165, 1.54) is 25.6 Å². The highest BCUT2D eigenvalue weighted by molar-refractivity contribution is 7.10. The average molecular weight is 492 g/mol. The highest BCUT2D eigenvalue weighted by atomic mass is 32.1. The molecule has 1 aliphatic rings. The SMILES string of the molecule is COC(=O)C1(C(=O)OC)C[C@H](/C=C/c2ccccc2)N(Cc2ccccc2OC)[C@@H]1c1cccs1. The van der Waals surface area contributed by atoms with Crippen LogP contribution in [0, 0.1) is 5.41 Å². The standard InChI is InChI=1S/C28H29NO5S/c1-32-23-13-8-7-12-21(23)19-29-22(16-15-20-10-5-4-6-11-20)18-28(26(30)33-2,27(31)34-3)25(29)24-14-9-17-35-24/h4-17,22,25H,18-19H2,1-3H3/b16-15+/t22-,25+/m0/s1. The molecule has 35 heavy (non-hydrogen) atoms. The number of para-hydroxylation sites is 1. The van der Waals surface area contributed by atoms with Crippen molar-refractivity contribution in [2.45, 2.75) is 25.0 Å². The molecule has 6 nitrogen and oxygen atoms in total. The maximum Gasteiger partial charge on any atom is 0.325 e. The Bertz CT molecular complexity index is 1160. The Morgan fingerprint density at radius 2 is 1.66 bits per heavy atom. The van der Waals surface area contributed by atoms with Gasteiger partial charge in [0.2, 0.25) is 0 Å². The second-order valence-electron chi connectivity index (χ2n) is 8.40. The lowest BCUT2D eigenvalue weighted by atomic mass is 9.78. The van der Waals surface area contributed by atoms with E-state index >= 15 is 0 Å². The van der Waals surface area contributed by atoms with E-state index in [-0.39, 0.29) is 12.5 Å². The quantitative estimate of drug-likeness (QED) is 0.322. The topological polar surface area (TPSA) is 65.1 Å². The molecule has 1 fully saturated rings. The van der Waals surface area contributed by atoms with Gasteiger partial charge in [0.05, 0.1) is 27.4 Å². The summed E-state index contributed by atoms with van der Waals surface area (Å²) in [5, 5.41) is 1.95. The second kappa shape index (κ2) is 10.9. The van der Waals surface area contributed by atoms with Gasteiger partial charge < -0.3 is 14.2 Å². The molecule has 0 spiro atoms. The number of carbonyl (C=O) groups excluding carboxylic acids is 2. The van der Waals surface area contributed by atoms with Crippen LogP contribution in [0.5, 0.6) is 5.75 Å².